The summed E-state index contributed by atoms with van der Waals surface area (Å²) in [6.45, 7) is 2.24. The van der Waals surface area contributed by atoms with Gasteiger partial charge in [-0.3, -0.25) is 14.4 Å². The molecule has 1 spiro atoms. The van der Waals surface area contributed by atoms with E-state index in [0.29, 0.717) is 22.2 Å². The Morgan fingerprint density at radius 1 is 1.07 bits per heavy atom. The minimum Gasteiger partial charge on any atom is -0.486 e. The molecule has 6 unspecified atom stereocenters. The van der Waals surface area contributed by atoms with E-state index < -0.39 is 35.7 Å². The molecule has 1 aliphatic carbocycles. The van der Waals surface area contributed by atoms with Crippen LogP contribution in [-0.4, -0.2) is 65.7 Å². The van der Waals surface area contributed by atoms with Gasteiger partial charge in [-0.25, -0.2) is 0 Å². The topological polar surface area (TPSA) is 106 Å². The number of carbonyl (C=O) groups excluding carboxylic acids is 3. The van der Waals surface area contributed by atoms with Crippen LogP contribution in [0.5, 0.6) is 11.5 Å². The quantitative estimate of drug-likeness (QED) is 0.492. The highest BCUT2D eigenvalue weighted by molar-refractivity contribution is 6.31. The minimum absolute atomic E-state index is 0.0488. The zero-order valence-electron chi connectivity index (χ0n) is 23.4. The molecule has 42 heavy (non-hydrogen) atoms. The minimum atomic E-state index is -1.25. The molecule has 7 rings (SSSR count). The Morgan fingerprint density at radius 3 is 2.64 bits per heavy atom. The van der Waals surface area contributed by atoms with Crippen LogP contribution >= 0.6 is 11.6 Å². The molecular weight excluding hydrogens is 558 g/mol. The first-order valence-electron chi connectivity index (χ1n) is 14.8. The van der Waals surface area contributed by atoms with Crippen LogP contribution in [0, 0.1) is 18.8 Å². The molecule has 6 atom stereocenters. The predicted octanol–water partition coefficient (Wildman–Crippen LogP) is 4.03. The molecule has 3 fully saturated rings. The summed E-state index contributed by atoms with van der Waals surface area (Å²) in [4.78, 5) is 43.6. The lowest BCUT2D eigenvalue weighted by Gasteiger charge is -2.36. The Bertz CT molecular complexity index is 1460. The van der Waals surface area contributed by atoms with Gasteiger partial charge in [-0.05, 0) is 49.6 Å². The molecule has 2 aromatic carbocycles. The number of nitrogens with zero attached hydrogens (tertiary/aromatic N) is 1. The molecule has 1 saturated carbocycles. The molecule has 3 amide bonds. The third kappa shape index (κ3) is 4.54. The van der Waals surface area contributed by atoms with Gasteiger partial charge in [0.05, 0.1) is 24.5 Å². The first-order valence-corrected chi connectivity index (χ1v) is 15.2. The van der Waals surface area contributed by atoms with Crippen LogP contribution in [0.1, 0.15) is 37.7 Å². The molecule has 2 saturated heterocycles. The van der Waals surface area contributed by atoms with E-state index in [4.69, 9.17) is 25.8 Å². The summed E-state index contributed by atoms with van der Waals surface area (Å²) in [6.07, 6.45) is 7.61. The number of para-hydroxylation sites is 2. The van der Waals surface area contributed by atoms with Gasteiger partial charge in [0.1, 0.15) is 18.2 Å². The third-order valence-corrected chi connectivity index (χ3v) is 9.69. The molecule has 9 nitrogen and oxygen atoms in total. The number of fused-ring (bicyclic) bond motifs is 2. The molecule has 2 aromatic rings. The number of anilines is 1. The Morgan fingerprint density at radius 2 is 1.86 bits per heavy atom. The SMILES string of the molecule is Cc1ccc(NC(=O)C2C3C=CC4(O3)C2C(=O)N(CC2COc3ccccc3O2)C4C(=O)NC2CCCCC2)cc1Cl. The number of hydrogen-bond donors (Lipinski definition) is 2. The number of likely N-dealkylation sites (tertiary alicyclic amines) is 1. The Labute approximate surface area is 249 Å². The van der Waals surface area contributed by atoms with Crippen LogP contribution < -0.4 is 20.1 Å². The smallest absolute Gasteiger partial charge is 0.246 e. The van der Waals surface area contributed by atoms with Crippen molar-refractivity contribution >= 4 is 35.0 Å². The van der Waals surface area contributed by atoms with Crippen molar-refractivity contribution in [3.05, 3.63) is 65.2 Å². The number of rotatable bonds is 6. The normalized spacial score (nSPS) is 31.2. The monoisotopic (exact) mass is 591 g/mol. The maximum absolute atomic E-state index is 14.3. The third-order valence-electron chi connectivity index (χ3n) is 9.28. The molecule has 4 heterocycles. The average Bonchev–Trinajstić information content (AvgIpc) is 3.63. The molecule has 2 bridgehead atoms. The van der Waals surface area contributed by atoms with Crippen LogP contribution in [-0.2, 0) is 19.1 Å². The van der Waals surface area contributed by atoms with Crippen LogP contribution in [0.25, 0.3) is 0 Å². The van der Waals surface area contributed by atoms with Gasteiger partial charge in [0.25, 0.3) is 0 Å². The van der Waals surface area contributed by atoms with Crippen molar-refractivity contribution in [3.63, 3.8) is 0 Å². The second-order valence-corrected chi connectivity index (χ2v) is 12.4. The van der Waals surface area contributed by atoms with Gasteiger partial charge < -0.3 is 29.7 Å². The fourth-order valence-corrected chi connectivity index (χ4v) is 7.44. The number of benzene rings is 2. The predicted molar refractivity (Wildman–Crippen MR) is 155 cm³/mol. The van der Waals surface area contributed by atoms with Crippen molar-refractivity contribution < 1.29 is 28.6 Å². The van der Waals surface area contributed by atoms with E-state index in [1.165, 1.54) is 0 Å². The summed E-state index contributed by atoms with van der Waals surface area (Å²) in [5.74, 6) is -1.32. The van der Waals surface area contributed by atoms with E-state index in [0.717, 1.165) is 37.7 Å². The molecule has 5 aliphatic rings. The summed E-state index contributed by atoms with van der Waals surface area (Å²) in [5, 5.41) is 6.68. The Balaban J connectivity index is 1.18. The van der Waals surface area contributed by atoms with Crippen molar-refractivity contribution in [2.24, 2.45) is 11.8 Å². The molecule has 0 aromatic heterocycles. The first kappa shape index (κ1) is 27.3. The summed E-state index contributed by atoms with van der Waals surface area (Å²) >= 11 is 6.29. The van der Waals surface area contributed by atoms with Crippen molar-refractivity contribution in [1.82, 2.24) is 10.2 Å². The van der Waals surface area contributed by atoms with Crippen LogP contribution in [0.2, 0.25) is 5.02 Å². The maximum atomic E-state index is 14.3. The fourth-order valence-electron chi connectivity index (χ4n) is 7.26. The molecule has 220 valence electrons. The van der Waals surface area contributed by atoms with E-state index >= 15 is 0 Å². The van der Waals surface area contributed by atoms with Crippen molar-refractivity contribution in [3.8, 4) is 11.5 Å². The lowest BCUT2D eigenvalue weighted by atomic mass is 9.74. The number of amides is 3. The number of carbonyl (C=O) groups is 3. The van der Waals surface area contributed by atoms with Crippen molar-refractivity contribution in [2.75, 3.05) is 18.5 Å². The van der Waals surface area contributed by atoms with E-state index in [2.05, 4.69) is 10.6 Å². The van der Waals surface area contributed by atoms with Crippen molar-refractivity contribution in [1.29, 1.82) is 0 Å². The second-order valence-electron chi connectivity index (χ2n) is 12.0. The number of ether oxygens (including phenoxy) is 3. The van der Waals surface area contributed by atoms with Gasteiger partial charge >= 0.3 is 0 Å². The summed E-state index contributed by atoms with van der Waals surface area (Å²) in [6, 6.07) is 11.8. The molecule has 4 aliphatic heterocycles. The standard InChI is InChI=1S/C32H34ClN3O6/c1-18-11-12-20(15-22(18)33)35-29(37)26-25-13-14-32(42-25)27(26)31(39)36(28(32)30(38)34-19-7-3-2-4-8-19)16-21-17-40-23-9-5-6-10-24(23)41-21/h5-6,9-15,19,21,25-28H,2-4,7-8,16-17H2,1H3,(H,34,38)(H,35,37). The van der Waals surface area contributed by atoms with Gasteiger partial charge in [-0.1, -0.05) is 61.2 Å². The summed E-state index contributed by atoms with van der Waals surface area (Å²) in [5.41, 5.74) is 0.183. The largest absolute Gasteiger partial charge is 0.486 e. The maximum Gasteiger partial charge on any atom is 0.246 e. The van der Waals surface area contributed by atoms with Gasteiger partial charge in [-0.15, -0.1) is 0 Å². The van der Waals surface area contributed by atoms with Crippen molar-refractivity contribution in [2.45, 2.75) is 68.9 Å². The molecule has 0 radical (unpaired) electrons. The molecule has 2 N–H and O–H groups in total. The van der Waals surface area contributed by atoms with Gasteiger partial charge in [0, 0.05) is 16.8 Å². The number of nitrogens with one attached hydrogen (secondary N) is 2. The van der Waals surface area contributed by atoms with E-state index in [1.807, 2.05) is 49.4 Å². The van der Waals surface area contributed by atoms with Gasteiger partial charge in [-0.2, -0.15) is 0 Å². The number of hydrogen-bond acceptors (Lipinski definition) is 6. The van der Waals surface area contributed by atoms with E-state index in [9.17, 15) is 14.4 Å². The second kappa shape index (κ2) is 10.6. The van der Waals surface area contributed by atoms with Crippen LogP contribution in [0.3, 0.4) is 0 Å². The lowest BCUT2D eigenvalue weighted by Crippen LogP contribution is -2.58. The summed E-state index contributed by atoms with van der Waals surface area (Å²) in [7, 11) is 0. The van der Waals surface area contributed by atoms with Gasteiger partial charge in [0.2, 0.25) is 17.7 Å². The zero-order valence-corrected chi connectivity index (χ0v) is 24.1. The molecular formula is C32H34ClN3O6. The number of halogens is 1. The highest BCUT2D eigenvalue weighted by Gasteiger charge is 2.73. The highest BCUT2D eigenvalue weighted by Crippen LogP contribution is 2.55. The van der Waals surface area contributed by atoms with Crippen LogP contribution in [0.15, 0.2) is 54.6 Å². The highest BCUT2D eigenvalue weighted by atomic mass is 35.5. The van der Waals surface area contributed by atoms with E-state index in [-0.39, 0.29) is 36.9 Å². The fraction of sp³-hybridized carbons (Fsp3) is 0.469. The summed E-state index contributed by atoms with van der Waals surface area (Å²) < 4.78 is 18.6. The Kier molecular flexibility index (Phi) is 6.89. The zero-order chi connectivity index (χ0) is 29.0. The van der Waals surface area contributed by atoms with E-state index in [1.54, 1.807) is 17.0 Å². The average molecular weight is 592 g/mol. The lowest BCUT2D eigenvalue weighted by molar-refractivity contribution is -0.143. The van der Waals surface area contributed by atoms with Gasteiger partial charge in [0.15, 0.2) is 17.6 Å². The molecule has 10 heteroatoms. The first-order chi connectivity index (χ1) is 20.3. The Hall–Kier alpha value is -3.56. The number of aryl methyl sites for hydroxylation is 1. The van der Waals surface area contributed by atoms with Crippen LogP contribution in [0.4, 0.5) is 5.69 Å².